The van der Waals surface area contributed by atoms with Gasteiger partial charge in [-0.15, -0.1) is 0 Å². The van der Waals surface area contributed by atoms with E-state index in [2.05, 4.69) is 9.47 Å². The first-order chi connectivity index (χ1) is 9.00. The lowest BCUT2D eigenvalue weighted by molar-refractivity contribution is -0.206. The molecule has 10 heteroatoms. The molecule has 0 aromatic rings. The van der Waals surface area contributed by atoms with Crippen LogP contribution in [0, 0.1) is 0 Å². The molecule has 0 unspecified atom stereocenters. The number of ether oxygens (including phenoxy) is 2. The van der Waals surface area contributed by atoms with E-state index in [4.69, 9.17) is 0 Å². The van der Waals surface area contributed by atoms with E-state index in [0.29, 0.717) is 0 Å². The van der Waals surface area contributed by atoms with Crippen LogP contribution in [-0.2, 0) is 19.1 Å². The summed E-state index contributed by atoms with van der Waals surface area (Å²) in [6.45, 7) is 0. The highest BCUT2D eigenvalue weighted by molar-refractivity contribution is 5.76. The molecular weight excluding hydrogens is 298 g/mol. The SMILES string of the molecule is O=C(O[C@@H]1C=C[C@H](OC(=O)C(F)(F)F)CC1)C(F)(F)F. The Morgan fingerprint density at radius 3 is 1.30 bits per heavy atom. The van der Waals surface area contributed by atoms with Crippen LogP contribution in [0.5, 0.6) is 0 Å². The standard InChI is InChI=1S/C10H8F6O4/c11-9(12,13)7(17)19-5-1-2-6(4-3-5)20-8(18)10(14,15)16/h1-2,5-6H,3-4H2/t5-,6+. The normalized spacial score (nSPS) is 23.3. The molecule has 0 saturated heterocycles. The minimum Gasteiger partial charge on any atom is -0.451 e. The van der Waals surface area contributed by atoms with Crippen molar-refractivity contribution in [2.75, 3.05) is 0 Å². The van der Waals surface area contributed by atoms with E-state index < -0.39 is 36.5 Å². The van der Waals surface area contributed by atoms with E-state index in [0.717, 1.165) is 12.2 Å². The zero-order chi connectivity index (χ0) is 15.6. The molecule has 1 aliphatic carbocycles. The van der Waals surface area contributed by atoms with E-state index >= 15 is 0 Å². The van der Waals surface area contributed by atoms with E-state index in [1.807, 2.05) is 0 Å². The first-order valence-electron chi connectivity index (χ1n) is 5.24. The third-order valence-corrected chi connectivity index (χ3v) is 2.26. The van der Waals surface area contributed by atoms with Crippen molar-refractivity contribution in [3.05, 3.63) is 12.2 Å². The van der Waals surface area contributed by atoms with Gasteiger partial charge >= 0.3 is 24.3 Å². The lowest BCUT2D eigenvalue weighted by atomic mass is 10.0. The number of rotatable bonds is 2. The molecule has 1 rings (SSSR count). The molecule has 1 aliphatic rings. The molecule has 0 aromatic carbocycles. The number of carbonyl (C=O) groups excluding carboxylic acids is 2. The smallest absolute Gasteiger partial charge is 0.451 e. The van der Waals surface area contributed by atoms with E-state index in [9.17, 15) is 35.9 Å². The minimum atomic E-state index is -5.15. The fourth-order valence-corrected chi connectivity index (χ4v) is 1.37. The number of hydrogen-bond donors (Lipinski definition) is 0. The summed E-state index contributed by atoms with van der Waals surface area (Å²) in [7, 11) is 0. The van der Waals surface area contributed by atoms with Gasteiger partial charge in [-0.1, -0.05) is 0 Å². The summed E-state index contributed by atoms with van der Waals surface area (Å²) in [6.07, 6.45) is -11.2. The molecular formula is C10H8F6O4. The van der Waals surface area contributed by atoms with Gasteiger partial charge in [0, 0.05) is 0 Å². The molecule has 0 aliphatic heterocycles. The first-order valence-corrected chi connectivity index (χ1v) is 5.24. The average Bonchev–Trinajstić information content (AvgIpc) is 2.29. The van der Waals surface area contributed by atoms with Crippen molar-refractivity contribution < 1.29 is 45.4 Å². The molecule has 2 atom stereocenters. The number of halogens is 6. The predicted octanol–water partition coefficient (Wildman–Crippen LogP) is 2.28. The summed E-state index contributed by atoms with van der Waals surface area (Å²) in [6, 6.07) is 0. The van der Waals surface area contributed by atoms with Gasteiger partial charge < -0.3 is 9.47 Å². The van der Waals surface area contributed by atoms with Crippen LogP contribution < -0.4 is 0 Å². The van der Waals surface area contributed by atoms with Crippen LogP contribution >= 0.6 is 0 Å². The van der Waals surface area contributed by atoms with Crippen molar-refractivity contribution in [3.8, 4) is 0 Å². The molecule has 0 aromatic heterocycles. The van der Waals surface area contributed by atoms with Gasteiger partial charge in [0.25, 0.3) is 0 Å². The van der Waals surface area contributed by atoms with Crippen molar-refractivity contribution in [2.24, 2.45) is 0 Å². The second-order valence-electron chi connectivity index (χ2n) is 3.85. The van der Waals surface area contributed by atoms with Crippen molar-refractivity contribution in [1.29, 1.82) is 0 Å². The summed E-state index contributed by atoms with van der Waals surface area (Å²) in [5, 5.41) is 0. The van der Waals surface area contributed by atoms with E-state index in [1.54, 1.807) is 0 Å². The van der Waals surface area contributed by atoms with Gasteiger partial charge in [-0.3, -0.25) is 0 Å². The van der Waals surface area contributed by atoms with Crippen LogP contribution in [0.15, 0.2) is 12.2 Å². The lowest BCUT2D eigenvalue weighted by Gasteiger charge is -2.23. The fraction of sp³-hybridized carbons (Fsp3) is 0.600. The summed E-state index contributed by atoms with van der Waals surface area (Å²) < 4.78 is 79.5. The lowest BCUT2D eigenvalue weighted by Crippen LogP contribution is -2.33. The van der Waals surface area contributed by atoms with Gasteiger partial charge in [0.15, 0.2) is 0 Å². The van der Waals surface area contributed by atoms with Crippen LogP contribution in [0.2, 0.25) is 0 Å². The predicted molar refractivity (Wildman–Crippen MR) is 50.2 cm³/mol. The van der Waals surface area contributed by atoms with Crippen LogP contribution in [0.1, 0.15) is 12.8 Å². The van der Waals surface area contributed by atoms with Crippen LogP contribution in [0.3, 0.4) is 0 Å². The van der Waals surface area contributed by atoms with Gasteiger partial charge in [-0.25, -0.2) is 9.59 Å². The Morgan fingerprint density at radius 1 is 0.800 bits per heavy atom. The maximum absolute atomic E-state index is 11.9. The highest BCUT2D eigenvalue weighted by atomic mass is 19.4. The van der Waals surface area contributed by atoms with Gasteiger partial charge in [0.05, 0.1) is 0 Å². The molecule has 0 radical (unpaired) electrons. The Balaban J connectivity index is 2.50. The Hall–Kier alpha value is -1.74. The molecule has 0 bridgehead atoms. The maximum atomic E-state index is 11.9. The monoisotopic (exact) mass is 306 g/mol. The molecule has 0 spiro atoms. The summed E-state index contributed by atoms with van der Waals surface area (Å²) in [5.41, 5.74) is 0. The Morgan fingerprint density at radius 2 is 1.10 bits per heavy atom. The quantitative estimate of drug-likeness (QED) is 0.446. The average molecular weight is 306 g/mol. The van der Waals surface area contributed by atoms with Crippen LogP contribution in [0.25, 0.3) is 0 Å². The van der Waals surface area contributed by atoms with Gasteiger partial charge in [-0.2, -0.15) is 26.3 Å². The highest BCUT2D eigenvalue weighted by Gasteiger charge is 2.44. The third kappa shape index (κ3) is 4.74. The summed E-state index contributed by atoms with van der Waals surface area (Å²) in [5.74, 6) is -4.78. The number of alkyl halides is 6. The van der Waals surface area contributed by atoms with E-state index in [-0.39, 0.29) is 12.8 Å². The van der Waals surface area contributed by atoms with E-state index in [1.165, 1.54) is 0 Å². The molecule has 114 valence electrons. The summed E-state index contributed by atoms with van der Waals surface area (Å²) in [4.78, 5) is 21.0. The largest absolute Gasteiger partial charge is 0.490 e. The fourth-order valence-electron chi connectivity index (χ4n) is 1.37. The molecule has 0 saturated carbocycles. The van der Waals surface area contributed by atoms with Crippen LogP contribution in [-0.4, -0.2) is 36.5 Å². The van der Waals surface area contributed by atoms with Crippen molar-refractivity contribution in [3.63, 3.8) is 0 Å². The zero-order valence-electron chi connectivity index (χ0n) is 9.62. The minimum absolute atomic E-state index is 0.186. The Kier molecular flexibility index (Phi) is 4.66. The second kappa shape index (κ2) is 5.71. The maximum Gasteiger partial charge on any atom is 0.490 e. The Bertz CT molecular complexity index is 373. The second-order valence-corrected chi connectivity index (χ2v) is 3.85. The Labute approximate surface area is 108 Å². The van der Waals surface area contributed by atoms with Crippen molar-refractivity contribution in [2.45, 2.75) is 37.4 Å². The molecule has 0 fully saturated rings. The number of hydrogen-bond acceptors (Lipinski definition) is 4. The number of esters is 2. The molecule has 0 N–H and O–H groups in total. The summed E-state index contributed by atoms with van der Waals surface area (Å²) >= 11 is 0. The van der Waals surface area contributed by atoms with Gasteiger partial charge in [0.2, 0.25) is 0 Å². The zero-order valence-corrected chi connectivity index (χ0v) is 9.62. The van der Waals surface area contributed by atoms with Gasteiger partial charge in [0.1, 0.15) is 12.2 Å². The molecule has 0 amide bonds. The van der Waals surface area contributed by atoms with Crippen molar-refractivity contribution in [1.82, 2.24) is 0 Å². The van der Waals surface area contributed by atoms with Crippen molar-refractivity contribution >= 4 is 11.9 Å². The van der Waals surface area contributed by atoms with Gasteiger partial charge in [-0.05, 0) is 25.0 Å². The first kappa shape index (κ1) is 16.3. The van der Waals surface area contributed by atoms with Crippen LogP contribution in [0.4, 0.5) is 26.3 Å². The third-order valence-electron chi connectivity index (χ3n) is 2.26. The molecule has 20 heavy (non-hydrogen) atoms. The highest BCUT2D eigenvalue weighted by Crippen LogP contribution is 2.24. The topological polar surface area (TPSA) is 52.6 Å². The molecule has 4 nitrogen and oxygen atoms in total. The molecule has 0 heterocycles. The number of carbonyl (C=O) groups is 2.